The molecule has 0 fully saturated rings. The SMILES string of the molecule is CCN(CC)c1ccc(/C=N/NC(=O)CSc2nnc(-c3ccncc3)n2-c2ccc(Cl)cc2)c(O)c1. The number of hydrogen-bond acceptors (Lipinski definition) is 8. The molecule has 2 aromatic heterocycles. The number of aromatic hydroxyl groups is 1. The number of benzene rings is 2. The second-order valence-electron chi connectivity index (χ2n) is 7.85. The van der Waals surface area contributed by atoms with E-state index in [1.807, 2.05) is 34.9 Å². The molecule has 37 heavy (non-hydrogen) atoms. The summed E-state index contributed by atoms with van der Waals surface area (Å²) in [6, 6.07) is 16.4. The fourth-order valence-corrected chi connectivity index (χ4v) is 4.51. The Kier molecular flexibility index (Phi) is 8.76. The molecule has 0 radical (unpaired) electrons. The lowest BCUT2D eigenvalue weighted by molar-refractivity contribution is -0.118. The molecule has 0 aliphatic carbocycles. The number of anilines is 1. The quantitative estimate of drug-likeness (QED) is 0.171. The Hall–Kier alpha value is -3.89. The molecule has 2 N–H and O–H groups in total. The minimum atomic E-state index is -0.323. The largest absolute Gasteiger partial charge is 0.507 e. The lowest BCUT2D eigenvalue weighted by atomic mass is 10.2. The summed E-state index contributed by atoms with van der Waals surface area (Å²) in [7, 11) is 0. The Balaban J connectivity index is 1.44. The van der Waals surface area contributed by atoms with Crippen molar-refractivity contribution in [3.63, 3.8) is 0 Å². The molecular formula is C26H26ClN7O2S. The van der Waals surface area contributed by atoms with Crippen LogP contribution in [0.3, 0.4) is 0 Å². The second-order valence-corrected chi connectivity index (χ2v) is 9.23. The number of aromatic nitrogens is 4. The Bertz CT molecular complexity index is 1370. The summed E-state index contributed by atoms with van der Waals surface area (Å²) in [4.78, 5) is 18.7. The number of carbonyl (C=O) groups excluding carboxylic acids is 1. The molecule has 1 amide bonds. The van der Waals surface area contributed by atoms with Crippen molar-refractivity contribution in [1.82, 2.24) is 25.2 Å². The number of phenolic OH excluding ortho intramolecular Hbond substituents is 1. The zero-order valence-corrected chi connectivity index (χ0v) is 21.9. The van der Waals surface area contributed by atoms with E-state index in [0.29, 0.717) is 21.6 Å². The molecule has 0 aliphatic heterocycles. The number of nitrogens with one attached hydrogen (secondary N) is 1. The minimum Gasteiger partial charge on any atom is -0.507 e. The molecule has 2 heterocycles. The van der Waals surface area contributed by atoms with Crippen LogP contribution in [0.5, 0.6) is 5.75 Å². The number of carbonyl (C=O) groups is 1. The maximum Gasteiger partial charge on any atom is 0.250 e. The van der Waals surface area contributed by atoms with Gasteiger partial charge in [-0.2, -0.15) is 5.10 Å². The summed E-state index contributed by atoms with van der Waals surface area (Å²) in [5, 5.41) is 24.1. The smallest absolute Gasteiger partial charge is 0.250 e. The molecular weight excluding hydrogens is 510 g/mol. The third-order valence-corrected chi connectivity index (χ3v) is 6.71. The van der Waals surface area contributed by atoms with Crippen molar-refractivity contribution in [3.8, 4) is 22.8 Å². The number of rotatable bonds is 10. The van der Waals surface area contributed by atoms with Gasteiger partial charge in [-0.1, -0.05) is 23.4 Å². The van der Waals surface area contributed by atoms with Crippen LogP contribution in [0.4, 0.5) is 5.69 Å². The van der Waals surface area contributed by atoms with Gasteiger partial charge in [0.1, 0.15) is 5.75 Å². The Labute approximate surface area is 224 Å². The van der Waals surface area contributed by atoms with Crippen molar-refractivity contribution in [1.29, 1.82) is 0 Å². The molecule has 0 atom stereocenters. The highest BCUT2D eigenvalue weighted by Gasteiger charge is 2.17. The molecule has 2 aromatic carbocycles. The average Bonchev–Trinajstić information content (AvgIpc) is 3.34. The molecule has 4 aromatic rings. The molecule has 11 heteroatoms. The zero-order chi connectivity index (χ0) is 26.2. The van der Waals surface area contributed by atoms with E-state index in [1.165, 1.54) is 18.0 Å². The van der Waals surface area contributed by atoms with Gasteiger partial charge in [-0.15, -0.1) is 10.2 Å². The molecule has 4 rings (SSSR count). The van der Waals surface area contributed by atoms with Crippen LogP contribution in [-0.4, -0.2) is 55.8 Å². The van der Waals surface area contributed by atoms with Crippen LogP contribution in [0.1, 0.15) is 19.4 Å². The predicted octanol–water partition coefficient (Wildman–Crippen LogP) is 4.78. The first-order chi connectivity index (χ1) is 18.0. The molecule has 0 saturated heterocycles. The van der Waals surface area contributed by atoms with Gasteiger partial charge in [0.25, 0.3) is 5.91 Å². The van der Waals surface area contributed by atoms with Crippen molar-refractivity contribution >= 4 is 41.2 Å². The van der Waals surface area contributed by atoms with E-state index in [2.05, 4.69) is 44.5 Å². The fraction of sp³-hybridized carbons (Fsp3) is 0.192. The minimum absolute atomic E-state index is 0.0618. The van der Waals surface area contributed by atoms with Gasteiger partial charge in [0.2, 0.25) is 0 Å². The van der Waals surface area contributed by atoms with Gasteiger partial charge in [0.15, 0.2) is 11.0 Å². The van der Waals surface area contributed by atoms with Crippen LogP contribution >= 0.6 is 23.4 Å². The molecule has 190 valence electrons. The number of nitrogens with zero attached hydrogens (tertiary/aromatic N) is 6. The number of hydrazone groups is 1. The molecule has 0 aliphatic rings. The first kappa shape index (κ1) is 26.2. The highest BCUT2D eigenvalue weighted by molar-refractivity contribution is 7.99. The highest BCUT2D eigenvalue weighted by Crippen LogP contribution is 2.28. The lowest BCUT2D eigenvalue weighted by Gasteiger charge is -2.21. The first-order valence-electron chi connectivity index (χ1n) is 11.6. The Morgan fingerprint density at radius 1 is 1.11 bits per heavy atom. The number of phenols is 1. The normalized spacial score (nSPS) is 11.1. The summed E-state index contributed by atoms with van der Waals surface area (Å²) in [5.41, 5.74) is 5.58. The van der Waals surface area contributed by atoms with Crippen LogP contribution in [0.15, 0.2) is 77.2 Å². The number of thioether (sulfide) groups is 1. The number of hydrogen-bond donors (Lipinski definition) is 2. The van der Waals surface area contributed by atoms with Gasteiger partial charge in [-0.3, -0.25) is 14.3 Å². The molecule has 0 unspecified atom stereocenters. The predicted molar refractivity (Wildman–Crippen MR) is 148 cm³/mol. The topological polar surface area (TPSA) is 109 Å². The number of amides is 1. The standard InChI is InChI=1S/C26H26ClN7O2S/c1-3-33(4-2)22-8-5-19(23(35)15-22)16-29-30-24(36)17-37-26-32-31-25(18-11-13-28-14-12-18)34(26)21-9-6-20(27)7-10-21/h5-16,35H,3-4,17H2,1-2H3,(H,30,36)/b29-16+. The van der Waals surface area contributed by atoms with Crippen LogP contribution in [-0.2, 0) is 4.79 Å². The Morgan fingerprint density at radius 2 is 1.84 bits per heavy atom. The Morgan fingerprint density at radius 3 is 2.51 bits per heavy atom. The van der Waals surface area contributed by atoms with Crippen molar-refractivity contribution < 1.29 is 9.90 Å². The maximum absolute atomic E-state index is 12.5. The average molecular weight is 536 g/mol. The third kappa shape index (κ3) is 6.46. The van der Waals surface area contributed by atoms with Crippen molar-refractivity contribution in [3.05, 3.63) is 77.6 Å². The molecule has 0 bridgehead atoms. The van der Waals surface area contributed by atoms with Gasteiger partial charge in [0.05, 0.1) is 12.0 Å². The summed E-state index contributed by atoms with van der Waals surface area (Å²) in [6.45, 7) is 5.79. The zero-order valence-electron chi connectivity index (χ0n) is 20.4. The molecule has 9 nitrogen and oxygen atoms in total. The van der Waals surface area contributed by atoms with Gasteiger partial charge in [-0.05, 0) is 62.4 Å². The van der Waals surface area contributed by atoms with Crippen LogP contribution in [0, 0.1) is 0 Å². The summed E-state index contributed by atoms with van der Waals surface area (Å²) in [6.07, 6.45) is 4.79. The van der Waals surface area contributed by atoms with Crippen LogP contribution in [0.25, 0.3) is 17.1 Å². The number of pyridine rings is 1. The van der Waals surface area contributed by atoms with Gasteiger partial charge >= 0.3 is 0 Å². The highest BCUT2D eigenvalue weighted by atomic mass is 35.5. The van der Waals surface area contributed by atoms with E-state index in [1.54, 1.807) is 36.7 Å². The van der Waals surface area contributed by atoms with Crippen LogP contribution in [0.2, 0.25) is 5.02 Å². The van der Waals surface area contributed by atoms with Crippen molar-refractivity contribution in [2.45, 2.75) is 19.0 Å². The van der Waals surface area contributed by atoms with E-state index < -0.39 is 0 Å². The lowest BCUT2D eigenvalue weighted by Crippen LogP contribution is -2.21. The van der Waals surface area contributed by atoms with Gasteiger partial charge in [-0.25, -0.2) is 5.43 Å². The van der Waals surface area contributed by atoms with E-state index >= 15 is 0 Å². The maximum atomic E-state index is 12.5. The van der Waals surface area contributed by atoms with E-state index in [9.17, 15) is 9.90 Å². The van der Waals surface area contributed by atoms with Gasteiger partial charge in [0, 0.05) is 59.1 Å². The summed E-state index contributed by atoms with van der Waals surface area (Å²) >= 11 is 7.30. The van der Waals surface area contributed by atoms with Gasteiger partial charge < -0.3 is 10.0 Å². The fourth-order valence-electron chi connectivity index (χ4n) is 3.64. The summed E-state index contributed by atoms with van der Waals surface area (Å²) < 4.78 is 1.86. The summed E-state index contributed by atoms with van der Waals surface area (Å²) in [5.74, 6) is 0.453. The van der Waals surface area contributed by atoms with E-state index in [0.717, 1.165) is 30.0 Å². The second kappa shape index (κ2) is 12.4. The van der Waals surface area contributed by atoms with Crippen molar-refractivity contribution in [2.75, 3.05) is 23.7 Å². The van der Waals surface area contributed by atoms with E-state index in [4.69, 9.17) is 11.6 Å². The number of halogens is 1. The molecule has 0 saturated carbocycles. The molecule has 0 spiro atoms. The van der Waals surface area contributed by atoms with E-state index in [-0.39, 0.29) is 17.4 Å². The van der Waals surface area contributed by atoms with Crippen molar-refractivity contribution in [2.24, 2.45) is 5.10 Å². The monoisotopic (exact) mass is 535 g/mol. The third-order valence-electron chi connectivity index (χ3n) is 5.52. The first-order valence-corrected chi connectivity index (χ1v) is 13.0. The van der Waals surface area contributed by atoms with Crippen LogP contribution < -0.4 is 10.3 Å².